The van der Waals surface area contributed by atoms with E-state index in [1.165, 1.54) is 25.3 Å². The lowest BCUT2D eigenvalue weighted by atomic mass is 10.2. The Balaban J connectivity index is 1.77. The lowest BCUT2D eigenvalue weighted by molar-refractivity contribution is 0.329. The maximum absolute atomic E-state index is 4.34. The van der Waals surface area contributed by atoms with Crippen molar-refractivity contribution in [2.75, 3.05) is 25.0 Å². The molecule has 0 amide bonds. The van der Waals surface area contributed by atoms with Crippen molar-refractivity contribution >= 4 is 15.9 Å². The third kappa shape index (κ3) is 2.82. The summed E-state index contributed by atoms with van der Waals surface area (Å²) in [5, 5.41) is 1.14. The summed E-state index contributed by atoms with van der Waals surface area (Å²) in [6, 6.07) is 0. The van der Waals surface area contributed by atoms with Crippen LogP contribution in [0, 0.1) is 5.92 Å². The van der Waals surface area contributed by atoms with Crippen LogP contribution < -0.4 is 0 Å². The number of rotatable bonds is 4. The molecule has 0 radical (unpaired) electrons. The number of likely N-dealkylation sites (tertiary alicyclic amines) is 1. The van der Waals surface area contributed by atoms with Crippen molar-refractivity contribution < 1.29 is 0 Å². The van der Waals surface area contributed by atoms with Crippen LogP contribution in [0.3, 0.4) is 0 Å². The number of hydrogen-bond donors (Lipinski definition) is 0. The zero-order valence-electron chi connectivity index (χ0n) is 9.19. The Bertz CT molecular complexity index is 311. The number of nitrogens with zero attached hydrogens (tertiary/aromatic N) is 3. The van der Waals surface area contributed by atoms with Crippen molar-refractivity contribution in [3.05, 3.63) is 18.2 Å². The summed E-state index contributed by atoms with van der Waals surface area (Å²) in [5.41, 5.74) is 0. The fourth-order valence-corrected chi connectivity index (χ4v) is 2.67. The summed E-state index contributed by atoms with van der Waals surface area (Å²) < 4.78 is 2.11. The van der Waals surface area contributed by atoms with Gasteiger partial charge in [-0.1, -0.05) is 15.9 Å². The third-order valence-corrected chi connectivity index (χ3v) is 4.08. The first-order chi connectivity index (χ1) is 7.29. The highest BCUT2D eigenvalue weighted by atomic mass is 79.9. The topological polar surface area (TPSA) is 21.1 Å². The SMILES string of the molecule is Cn1ccnc1CCN1CCC(CBr)C1. The monoisotopic (exact) mass is 271 g/mol. The van der Waals surface area contributed by atoms with E-state index in [2.05, 4.69) is 37.4 Å². The van der Waals surface area contributed by atoms with Crippen LogP contribution in [0.1, 0.15) is 12.2 Å². The maximum Gasteiger partial charge on any atom is 0.109 e. The molecule has 0 bridgehead atoms. The molecule has 1 aliphatic heterocycles. The van der Waals surface area contributed by atoms with Crippen LogP contribution >= 0.6 is 15.9 Å². The molecule has 4 heteroatoms. The van der Waals surface area contributed by atoms with Crippen molar-refractivity contribution in [2.45, 2.75) is 12.8 Å². The van der Waals surface area contributed by atoms with E-state index in [1.807, 2.05) is 12.4 Å². The molecule has 0 saturated carbocycles. The Morgan fingerprint density at radius 2 is 2.47 bits per heavy atom. The second kappa shape index (κ2) is 5.12. The second-order valence-corrected chi connectivity index (χ2v) is 4.96. The summed E-state index contributed by atoms with van der Waals surface area (Å²) >= 11 is 3.56. The van der Waals surface area contributed by atoms with Crippen LogP contribution in [0.2, 0.25) is 0 Å². The molecule has 3 nitrogen and oxygen atoms in total. The molecular weight excluding hydrogens is 254 g/mol. The molecular formula is C11H18BrN3. The van der Waals surface area contributed by atoms with Gasteiger partial charge in [-0.2, -0.15) is 0 Å². The predicted octanol–water partition coefficient (Wildman–Crippen LogP) is 1.68. The van der Waals surface area contributed by atoms with E-state index in [9.17, 15) is 0 Å². The standard InChI is InChI=1S/C11H18BrN3/c1-14-7-4-13-11(14)3-6-15-5-2-10(8-12)9-15/h4,7,10H,2-3,5-6,8-9H2,1H3. The van der Waals surface area contributed by atoms with E-state index in [4.69, 9.17) is 0 Å². The van der Waals surface area contributed by atoms with Crippen molar-refractivity contribution in [1.29, 1.82) is 0 Å². The largest absolute Gasteiger partial charge is 0.338 e. The van der Waals surface area contributed by atoms with Crippen molar-refractivity contribution in [3.8, 4) is 0 Å². The van der Waals surface area contributed by atoms with Gasteiger partial charge in [-0.05, 0) is 18.9 Å². The molecule has 84 valence electrons. The molecule has 1 aliphatic rings. The van der Waals surface area contributed by atoms with Gasteiger partial charge in [-0.15, -0.1) is 0 Å². The first kappa shape index (κ1) is 11.1. The minimum Gasteiger partial charge on any atom is -0.338 e. The van der Waals surface area contributed by atoms with Crippen LogP contribution in [-0.4, -0.2) is 39.4 Å². The Morgan fingerprint density at radius 1 is 1.60 bits per heavy atom. The van der Waals surface area contributed by atoms with Crippen molar-refractivity contribution in [2.24, 2.45) is 13.0 Å². The Hall–Kier alpha value is -0.350. The minimum absolute atomic E-state index is 0.853. The van der Waals surface area contributed by atoms with Crippen LogP contribution in [0.4, 0.5) is 0 Å². The summed E-state index contributed by atoms with van der Waals surface area (Å²) in [4.78, 5) is 6.89. The number of hydrogen-bond acceptors (Lipinski definition) is 2. The van der Waals surface area contributed by atoms with E-state index in [1.54, 1.807) is 0 Å². The van der Waals surface area contributed by atoms with Crippen molar-refractivity contribution in [1.82, 2.24) is 14.5 Å². The fraction of sp³-hybridized carbons (Fsp3) is 0.727. The van der Waals surface area contributed by atoms with Crippen LogP contribution in [0.5, 0.6) is 0 Å². The highest BCUT2D eigenvalue weighted by Gasteiger charge is 2.21. The molecule has 1 aromatic rings. The Morgan fingerprint density at radius 3 is 3.07 bits per heavy atom. The molecule has 1 aromatic heterocycles. The Labute approximate surface area is 99.6 Å². The molecule has 0 aromatic carbocycles. The number of halogens is 1. The number of alkyl halides is 1. The van der Waals surface area contributed by atoms with Crippen LogP contribution in [-0.2, 0) is 13.5 Å². The predicted molar refractivity (Wildman–Crippen MR) is 65.3 cm³/mol. The summed E-state index contributed by atoms with van der Waals surface area (Å²) in [6.07, 6.45) is 6.30. The van der Waals surface area contributed by atoms with Crippen molar-refractivity contribution in [3.63, 3.8) is 0 Å². The van der Waals surface area contributed by atoms with E-state index in [0.29, 0.717) is 0 Å². The molecule has 1 saturated heterocycles. The van der Waals surface area contributed by atoms with Gasteiger partial charge in [-0.25, -0.2) is 4.98 Å². The minimum atomic E-state index is 0.853. The van der Waals surface area contributed by atoms with Gasteiger partial charge in [0, 0.05) is 44.3 Å². The normalized spacial score (nSPS) is 22.4. The quantitative estimate of drug-likeness (QED) is 0.778. The smallest absolute Gasteiger partial charge is 0.109 e. The maximum atomic E-state index is 4.34. The molecule has 2 heterocycles. The molecule has 15 heavy (non-hydrogen) atoms. The summed E-state index contributed by atoms with van der Waals surface area (Å²) in [6.45, 7) is 3.64. The average Bonchev–Trinajstić information content (AvgIpc) is 2.84. The summed E-state index contributed by atoms with van der Waals surface area (Å²) in [7, 11) is 2.06. The van der Waals surface area contributed by atoms with Gasteiger partial charge >= 0.3 is 0 Å². The number of aryl methyl sites for hydroxylation is 1. The first-order valence-corrected chi connectivity index (χ1v) is 6.66. The van der Waals surface area contributed by atoms with Gasteiger partial charge < -0.3 is 9.47 Å². The molecule has 0 spiro atoms. The molecule has 0 aliphatic carbocycles. The molecule has 0 N–H and O–H groups in total. The lowest BCUT2D eigenvalue weighted by Gasteiger charge is -2.14. The molecule has 1 atom stereocenters. The van der Waals surface area contributed by atoms with E-state index in [-0.39, 0.29) is 0 Å². The fourth-order valence-electron chi connectivity index (χ4n) is 2.14. The lowest BCUT2D eigenvalue weighted by Crippen LogP contribution is -2.24. The van der Waals surface area contributed by atoms with E-state index < -0.39 is 0 Å². The van der Waals surface area contributed by atoms with Gasteiger partial charge in [0.2, 0.25) is 0 Å². The molecule has 2 rings (SSSR count). The average molecular weight is 272 g/mol. The molecule has 1 fully saturated rings. The highest BCUT2D eigenvalue weighted by Crippen LogP contribution is 2.18. The first-order valence-electron chi connectivity index (χ1n) is 5.54. The van der Waals surface area contributed by atoms with E-state index >= 15 is 0 Å². The third-order valence-electron chi connectivity index (χ3n) is 3.16. The van der Waals surface area contributed by atoms with Gasteiger partial charge in [0.05, 0.1) is 0 Å². The zero-order chi connectivity index (χ0) is 10.7. The van der Waals surface area contributed by atoms with Crippen LogP contribution in [0.25, 0.3) is 0 Å². The van der Waals surface area contributed by atoms with Gasteiger partial charge in [0.15, 0.2) is 0 Å². The Kier molecular flexibility index (Phi) is 3.81. The van der Waals surface area contributed by atoms with Gasteiger partial charge in [-0.3, -0.25) is 0 Å². The van der Waals surface area contributed by atoms with Gasteiger partial charge in [0.25, 0.3) is 0 Å². The number of imidazole rings is 1. The summed E-state index contributed by atoms with van der Waals surface area (Å²) in [5.74, 6) is 2.05. The zero-order valence-corrected chi connectivity index (χ0v) is 10.8. The number of aromatic nitrogens is 2. The second-order valence-electron chi connectivity index (χ2n) is 4.31. The highest BCUT2D eigenvalue weighted by molar-refractivity contribution is 9.09. The molecule has 1 unspecified atom stereocenters. The van der Waals surface area contributed by atoms with E-state index in [0.717, 1.165) is 24.2 Å². The van der Waals surface area contributed by atoms with Crippen LogP contribution in [0.15, 0.2) is 12.4 Å². The van der Waals surface area contributed by atoms with Gasteiger partial charge in [0.1, 0.15) is 5.82 Å².